The Labute approximate surface area is 271 Å². The molecule has 9 rings (SSSR count). The van der Waals surface area contributed by atoms with E-state index in [1.54, 1.807) is 0 Å². The lowest BCUT2D eigenvalue weighted by atomic mass is 9.94. The van der Waals surface area contributed by atoms with Gasteiger partial charge in [-0.3, -0.25) is 0 Å². The molecule has 4 nitrogen and oxygen atoms in total. The Morgan fingerprint density at radius 3 is 1.60 bits per heavy atom. The number of fused-ring (bicyclic) bond motifs is 4. The average molecular weight is 602 g/mol. The maximum atomic E-state index is 6.10. The van der Waals surface area contributed by atoms with E-state index >= 15 is 0 Å². The Kier molecular flexibility index (Phi) is 6.43. The van der Waals surface area contributed by atoms with Crippen LogP contribution >= 0.6 is 0 Å². The standard InChI is InChI=1S/C43H27N3O/c1-2-11-29(12-3-1)35-14-6-7-15-36(35)30-19-21-31(22-20-30)41-44-42(33-23-18-28-10-4-5-13-32(28)26-33)46-43(45-41)34-24-25-40-38(27-34)37-16-8-9-17-39(37)47-40/h1-27H. The lowest BCUT2D eigenvalue weighted by Crippen LogP contribution is -2.00. The van der Waals surface area contributed by atoms with Gasteiger partial charge in [0.25, 0.3) is 0 Å². The Morgan fingerprint density at radius 2 is 0.830 bits per heavy atom. The molecule has 0 amide bonds. The summed E-state index contributed by atoms with van der Waals surface area (Å²) in [5, 5.41) is 4.42. The van der Waals surface area contributed by atoms with Gasteiger partial charge in [0, 0.05) is 27.5 Å². The van der Waals surface area contributed by atoms with E-state index in [1.165, 1.54) is 22.1 Å². The topological polar surface area (TPSA) is 51.8 Å². The summed E-state index contributed by atoms with van der Waals surface area (Å²) < 4.78 is 6.10. The molecule has 4 heteroatoms. The van der Waals surface area contributed by atoms with Gasteiger partial charge >= 0.3 is 0 Å². The van der Waals surface area contributed by atoms with Crippen LogP contribution in [-0.4, -0.2) is 15.0 Å². The van der Waals surface area contributed by atoms with Gasteiger partial charge < -0.3 is 4.42 Å². The molecule has 2 aromatic heterocycles. The number of benzene rings is 7. The zero-order chi connectivity index (χ0) is 31.2. The van der Waals surface area contributed by atoms with Gasteiger partial charge in [0.2, 0.25) is 0 Å². The lowest BCUT2D eigenvalue weighted by Gasteiger charge is -2.12. The molecule has 2 heterocycles. The smallest absolute Gasteiger partial charge is 0.164 e. The first-order chi connectivity index (χ1) is 23.3. The van der Waals surface area contributed by atoms with Crippen LogP contribution in [0, 0.1) is 0 Å². The second-order valence-electron chi connectivity index (χ2n) is 11.7. The minimum Gasteiger partial charge on any atom is -0.456 e. The van der Waals surface area contributed by atoms with Gasteiger partial charge in [-0.05, 0) is 63.4 Å². The van der Waals surface area contributed by atoms with E-state index in [2.05, 4.69) is 127 Å². The lowest BCUT2D eigenvalue weighted by molar-refractivity contribution is 0.669. The van der Waals surface area contributed by atoms with Gasteiger partial charge in [-0.25, -0.2) is 15.0 Å². The summed E-state index contributed by atoms with van der Waals surface area (Å²) in [5.74, 6) is 1.87. The van der Waals surface area contributed by atoms with Gasteiger partial charge in [0.05, 0.1) is 0 Å². The van der Waals surface area contributed by atoms with Crippen LogP contribution in [-0.2, 0) is 0 Å². The largest absolute Gasteiger partial charge is 0.456 e. The predicted molar refractivity (Wildman–Crippen MR) is 192 cm³/mol. The highest BCUT2D eigenvalue weighted by Crippen LogP contribution is 2.35. The van der Waals surface area contributed by atoms with Crippen LogP contribution in [0.1, 0.15) is 0 Å². The van der Waals surface area contributed by atoms with E-state index in [9.17, 15) is 0 Å². The fourth-order valence-corrected chi connectivity index (χ4v) is 6.36. The molecule has 0 bridgehead atoms. The van der Waals surface area contributed by atoms with Crippen molar-refractivity contribution in [2.24, 2.45) is 0 Å². The summed E-state index contributed by atoms with van der Waals surface area (Å²) in [4.78, 5) is 15.1. The maximum Gasteiger partial charge on any atom is 0.164 e. The second-order valence-corrected chi connectivity index (χ2v) is 11.7. The zero-order valence-electron chi connectivity index (χ0n) is 25.3. The van der Waals surface area contributed by atoms with E-state index in [-0.39, 0.29) is 0 Å². The van der Waals surface area contributed by atoms with E-state index in [1.807, 2.05) is 36.4 Å². The SMILES string of the molecule is c1ccc(-c2ccccc2-c2ccc(-c3nc(-c4ccc5ccccc5c4)nc(-c4ccc5oc6ccccc6c5c4)n3)cc2)cc1. The molecule has 9 aromatic rings. The van der Waals surface area contributed by atoms with E-state index in [0.29, 0.717) is 17.5 Å². The number of aromatic nitrogens is 3. The number of hydrogen-bond donors (Lipinski definition) is 0. The van der Waals surface area contributed by atoms with Crippen LogP contribution in [0.4, 0.5) is 0 Å². The highest BCUT2D eigenvalue weighted by Gasteiger charge is 2.16. The Bertz CT molecular complexity index is 2570. The summed E-state index contributed by atoms with van der Waals surface area (Å²) >= 11 is 0. The van der Waals surface area contributed by atoms with Gasteiger partial charge in [-0.15, -0.1) is 0 Å². The molecule has 0 aliphatic rings. The molecular formula is C43H27N3O. The molecule has 0 fully saturated rings. The molecule has 0 spiro atoms. The summed E-state index contributed by atoms with van der Waals surface area (Å²) in [6, 6.07) is 56.5. The van der Waals surface area contributed by atoms with Crippen molar-refractivity contribution in [2.75, 3.05) is 0 Å². The van der Waals surface area contributed by atoms with Crippen molar-refractivity contribution in [1.82, 2.24) is 15.0 Å². The normalized spacial score (nSPS) is 11.4. The van der Waals surface area contributed by atoms with Crippen molar-refractivity contribution in [3.05, 3.63) is 164 Å². The molecule has 0 saturated carbocycles. The number of nitrogens with zero attached hydrogens (tertiary/aromatic N) is 3. The fourth-order valence-electron chi connectivity index (χ4n) is 6.36. The van der Waals surface area contributed by atoms with Gasteiger partial charge in [-0.2, -0.15) is 0 Å². The summed E-state index contributed by atoms with van der Waals surface area (Å²) in [6.07, 6.45) is 0. The summed E-state index contributed by atoms with van der Waals surface area (Å²) in [5.41, 5.74) is 9.17. The molecular weight excluding hydrogens is 574 g/mol. The second kappa shape index (κ2) is 11.2. The van der Waals surface area contributed by atoms with E-state index < -0.39 is 0 Å². The minimum atomic E-state index is 0.615. The Balaban J connectivity index is 1.18. The molecule has 47 heavy (non-hydrogen) atoms. The van der Waals surface area contributed by atoms with Crippen molar-refractivity contribution in [3.8, 4) is 56.4 Å². The third-order valence-electron chi connectivity index (χ3n) is 8.74. The monoisotopic (exact) mass is 601 g/mol. The fraction of sp³-hybridized carbons (Fsp3) is 0. The number of para-hydroxylation sites is 1. The van der Waals surface area contributed by atoms with Gasteiger partial charge in [0.15, 0.2) is 17.5 Å². The highest BCUT2D eigenvalue weighted by atomic mass is 16.3. The molecule has 0 aliphatic carbocycles. The van der Waals surface area contributed by atoms with Crippen molar-refractivity contribution in [1.29, 1.82) is 0 Å². The number of furan rings is 1. The molecule has 0 radical (unpaired) electrons. The first-order valence-electron chi connectivity index (χ1n) is 15.7. The van der Waals surface area contributed by atoms with Crippen LogP contribution in [0.15, 0.2) is 168 Å². The number of rotatable bonds is 5. The maximum absolute atomic E-state index is 6.10. The van der Waals surface area contributed by atoms with Crippen LogP contribution in [0.25, 0.3) is 89.1 Å². The van der Waals surface area contributed by atoms with Crippen LogP contribution < -0.4 is 0 Å². The molecule has 0 unspecified atom stereocenters. The van der Waals surface area contributed by atoms with Crippen LogP contribution in [0.2, 0.25) is 0 Å². The Morgan fingerprint density at radius 1 is 0.319 bits per heavy atom. The van der Waals surface area contributed by atoms with E-state index in [0.717, 1.165) is 49.6 Å². The van der Waals surface area contributed by atoms with Gasteiger partial charge in [0.1, 0.15) is 11.2 Å². The molecule has 220 valence electrons. The van der Waals surface area contributed by atoms with Gasteiger partial charge in [-0.1, -0.05) is 133 Å². The molecule has 7 aromatic carbocycles. The quantitative estimate of drug-likeness (QED) is 0.197. The molecule has 0 saturated heterocycles. The van der Waals surface area contributed by atoms with Crippen LogP contribution in [0.5, 0.6) is 0 Å². The van der Waals surface area contributed by atoms with E-state index in [4.69, 9.17) is 19.4 Å². The minimum absolute atomic E-state index is 0.615. The highest BCUT2D eigenvalue weighted by molar-refractivity contribution is 6.06. The molecule has 0 atom stereocenters. The van der Waals surface area contributed by atoms with Crippen molar-refractivity contribution in [3.63, 3.8) is 0 Å². The first kappa shape index (κ1) is 27.0. The van der Waals surface area contributed by atoms with Crippen molar-refractivity contribution < 1.29 is 4.42 Å². The molecule has 0 aliphatic heterocycles. The summed E-state index contributed by atoms with van der Waals surface area (Å²) in [6.45, 7) is 0. The van der Waals surface area contributed by atoms with Crippen LogP contribution in [0.3, 0.4) is 0 Å². The Hall–Kier alpha value is -6.39. The third kappa shape index (κ3) is 4.93. The average Bonchev–Trinajstić information content (AvgIpc) is 3.53. The van der Waals surface area contributed by atoms with Crippen molar-refractivity contribution in [2.45, 2.75) is 0 Å². The predicted octanol–water partition coefficient (Wildman–Crippen LogP) is 11.3. The number of hydrogen-bond acceptors (Lipinski definition) is 4. The van der Waals surface area contributed by atoms with Crippen molar-refractivity contribution >= 4 is 32.7 Å². The summed E-state index contributed by atoms with van der Waals surface area (Å²) in [7, 11) is 0. The molecule has 0 N–H and O–H groups in total. The first-order valence-corrected chi connectivity index (χ1v) is 15.7. The third-order valence-corrected chi connectivity index (χ3v) is 8.74. The zero-order valence-corrected chi connectivity index (χ0v) is 25.3.